The number of hydrogen-bond acceptors (Lipinski definition) is 6. The standard InChI is InChI=1S/C17H15BrClN5O2S/c1-26-14-7-6-10(8-13(14)19)21-15(25)9-27-17-23-22-16(24(17)20)11-4-2-3-5-12(11)18/h2-8H,9,20H2,1H3,(H,21,25). The summed E-state index contributed by atoms with van der Waals surface area (Å²) in [7, 11) is 1.53. The predicted molar refractivity (Wildman–Crippen MR) is 111 cm³/mol. The average Bonchev–Trinajstić information content (AvgIpc) is 3.01. The van der Waals surface area contributed by atoms with Crippen LogP contribution in [0.3, 0.4) is 0 Å². The Balaban J connectivity index is 1.64. The number of nitrogens with one attached hydrogen (secondary N) is 1. The number of aromatic nitrogens is 3. The van der Waals surface area contributed by atoms with Crippen molar-refractivity contribution in [3.8, 4) is 17.1 Å². The van der Waals surface area contributed by atoms with Gasteiger partial charge in [0.25, 0.3) is 0 Å². The summed E-state index contributed by atoms with van der Waals surface area (Å²) >= 11 is 10.7. The summed E-state index contributed by atoms with van der Waals surface area (Å²) in [5, 5.41) is 11.8. The van der Waals surface area contributed by atoms with E-state index in [9.17, 15) is 4.79 Å². The molecule has 0 unspecified atom stereocenters. The van der Waals surface area contributed by atoms with Crippen molar-refractivity contribution in [1.29, 1.82) is 0 Å². The molecule has 7 nitrogen and oxygen atoms in total. The SMILES string of the molecule is COc1ccc(NC(=O)CSc2nnc(-c3ccccc3Br)n2N)cc1Cl. The fourth-order valence-corrected chi connectivity index (χ4v) is 3.65. The summed E-state index contributed by atoms with van der Waals surface area (Å²) in [6.07, 6.45) is 0. The van der Waals surface area contributed by atoms with Crippen LogP contribution in [0.2, 0.25) is 5.02 Å². The van der Waals surface area contributed by atoms with E-state index in [0.717, 1.165) is 10.0 Å². The van der Waals surface area contributed by atoms with Crippen molar-refractivity contribution in [2.45, 2.75) is 5.16 Å². The van der Waals surface area contributed by atoms with Crippen LogP contribution < -0.4 is 15.9 Å². The molecule has 0 saturated carbocycles. The van der Waals surface area contributed by atoms with Gasteiger partial charge in [-0.25, -0.2) is 4.68 Å². The second kappa shape index (κ2) is 8.64. The highest BCUT2D eigenvalue weighted by Gasteiger charge is 2.15. The Morgan fingerprint density at radius 3 is 2.81 bits per heavy atom. The van der Waals surface area contributed by atoms with Gasteiger partial charge in [-0.05, 0) is 30.3 Å². The predicted octanol–water partition coefficient (Wildman–Crippen LogP) is 3.81. The molecule has 0 atom stereocenters. The Hall–Kier alpha value is -2.23. The lowest BCUT2D eigenvalue weighted by Crippen LogP contribution is -2.16. The van der Waals surface area contributed by atoms with Gasteiger partial charge in [-0.2, -0.15) is 0 Å². The Kier molecular flexibility index (Phi) is 6.25. The van der Waals surface area contributed by atoms with Crippen LogP contribution in [0.15, 0.2) is 52.1 Å². The molecular weight excluding hydrogens is 454 g/mol. The van der Waals surface area contributed by atoms with E-state index in [0.29, 0.717) is 27.4 Å². The smallest absolute Gasteiger partial charge is 0.234 e. The number of amides is 1. The number of nitrogen functional groups attached to an aromatic ring is 1. The maximum Gasteiger partial charge on any atom is 0.234 e. The van der Waals surface area contributed by atoms with Gasteiger partial charge < -0.3 is 15.9 Å². The molecule has 2 aromatic carbocycles. The van der Waals surface area contributed by atoms with Gasteiger partial charge in [0.05, 0.1) is 17.9 Å². The second-order valence-electron chi connectivity index (χ2n) is 5.34. The number of benzene rings is 2. The van der Waals surface area contributed by atoms with E-state index in [1.165, 1.54) is 23.5 Å². The van der Waals surface area contributed by atoms with Crippen LogP contribution in [0, 0.1) is 0 Å². The molecule has 0 aliphatic carbocycles. The van der Waals surface area contributed by atoms with Gasteiger partial charge in [-0.1, -0.05) is 51.4 Å². The van der Waals surface area contributed by atoms with Crippen LogP contribution in [0.4, 0.5) is 5.69 Å². The summed E-state index contributed by atoms with van der Waals surface area (Å²) in [4.78, 5) is 12.2. The zero-order valence-electron chi connectivity index (χ0n) is 14.1. The first-order chi connectivity index (χ1) is 13.0. The molecule has 3 aromatic rings. The van der Waals surface area contributed by atoms with Crippen molar-refractivity contribution in [1.82, 2.24) is 14.9 Å². The van der Waals surface area contributed by atoms with E-state index in [1.807, 2.05) is 24.3 Å². The van der Waals surface area contributed by atoms with Gasteiger partial charge in [0.15, 0.2) is 5.82 Å². The van der Waals surface area contributed by atoms with Crippen LogP contribution in [-0.2, 0) is 4.79 Å². The number of carbonyl (C=O) groups is 1. The lowest BCUT2D eigenvalue weighted by molar-refractivity contribution is -0.113. The molecule has 140 valence electrons. The Morgan fingerprint density at radius 2 is 2.11 bits per heavy atom. The van der Waals surface area contributed by atoms with Crippen molar-refractivity contribution in [3.05, 3.63) is 52.0 Å². The second-order valence-corrected chi connectivity index (χ2v) is 7.55. The van der Waals surface area contributed by atoms with Crippen LogP contribution in [0.25, 0.3) is 11.4 Å². The van der Waals surface area contributed by atoms with E-state index < -0.39 is 0 Å². The summed E-state index contributed by atoms with van der Waals surface area (Å²) in [6, 6.07) is 12.6. The first-order valence-corrected chi connectivity index (χ1v) is 9.87. The van der Waals surface area contributed by atoms with E-state index in [2.05, 4.69) is 31.4 Å². The minimum absolute atomic E-state index is 0.120. The molecule has 0 spiro atoms. The Labute approximate surface area is 173 Å². The third kappa shape index (κ3) is 4.55. The number of nitrogens with zero attached hydrogens (tertiary/aromatic N) is 3. The summed E-state index contributed by atoms with van der Waals surface area (Å²) in [5.41, 5.74) is 1.39. The number of halogens is 2. The Morgan fingerprint density at radius 1 is 1.33 bits per heavy atom. The van der Waals surface area contributed by atoms with E-state index in [4.69, 9.17) is 22.2 Å². The fraction of sp³-hybridized carbons (Fsp3) is 0.118. The highest BCUT2D eigenvalue weighted by molar-refractivity contribution is 9.10. The van der Waals surface area contributed by atoms with E-state index in [-0.39, 0.29) is 11.7 Å². The highest BCUT2D eigenvalue weighted by Crippen LogP contribution is 2.29. The number of ether oxygens (including phenoxy) is 1. The molecule has 1 heterocycles. The number of carbonyl (C=O) groups excluding carboxylic acids is 1. The number of anilines is 1. The highest BCUT2D eigenvalue weighted by atomic mass is 79.9. The van der Waals surface area contributed by atoms with Gasteiger partial charge >= 0.3 is 0 Å². The van der Waals surface area contributed by atoms with Gasteiger partial charge in [0.2, 0.25) is 11.1 Å². The van der Waals surface area contributed by atoms with Crippen LogP contribution in [-0.4, -0.2) is 33.6 Å². The molecule has 10 heteroatoms. The quantitative estimate of drug-likeness (QED) is 0.422. The number of methoxy groups -OCH3 is 1. The van der Waals surface area contributed by atoms with Gasteiger partial charge in [-0.3, -0.25) is 4.79 Å². The molecule has 0 bridgehead atoms. The molecule has 1 aromatic heterocycles. The molecule has 3 rings (SSSR count). The third-order valence-corrected chi connectivity index (χ3v) is 5.48. The number of nitrogens with two attached hydrogens (primary N) is 1. The monoisotopic (exact) mass is 467 g/mol. The first kappa shape index (κ1) is 19.5. The summed E-state index contributed by atoms with van der Waals surface area (Å²) < 4.78 is 7.31. The van der Waals surface area contributed by atoms with Crippen molar-refractivity contribution < 1.29 is 9.53 Å². The lowest BCUT2D eigenvalue weighted by Gasteiger charge is -2.08. The summed E-state index contributed by atoms with van der Waals surface area (Å²) in [5.74, 6) is 7.03. The first-order valence-electron chi connectivity index (χ1n) is 7.71. The number of thioether (sulfide) groups is 1. The molecule has 3 N–H and O–H groups in total. The van der Waals surface area contributed by atoms with Gasteiger partial charge in [0.1, 0.15) is 5.75 Å². The Bertz CT molecular complexity index is 982. The van der Waals surface area contributed by atoms with Crippen molar-refractivity contribution >= 4 is 50.9 Å². The summed E-state index contributed by atoms with van der Waals surface area (Å²) in [6.45, 7) is 0. The molecule has 0 radical (unpaired) electrons. The number of hydrogen-bond donors (Lipinski definition) is 2. The van der Waals surface area contributed by atoms with Crippen LogP contribution in [0.1, 0.15) is 0 Å². The molecule has 0 aliphatic rings. The lowest BCUT2D eigenvalue weighted by atomic mass is 10.2. The molecule has 1 amide bonds. The molecule has 0 fully saturated rings. The van der Waals surface area contributed by atoms with Crippen LogP contribution >= 0.6 is 39.3 Å². The topological polar surface area (TPSA) is 95.1 Å². The van der Waals surface area contributed by atoms with Crippen LogP contribution in [0.5, 0.6) is 5.75 Å². The largest absolute Gasteiger partial charge is 0.495 e. The molecular formula is C17H15BrClN5O2S. The average molecular weight is 469 g/mol. The normalized spacial score (nSPS) is 10.6. The third-order valence-electron chi connectivity index (χ3n) is 3.55. The maximum atomic E-state index is 12.2. The van der Waals surface area contributed by atoms with E-state index >= 15 is 0 Å². The number of rotatable bonds is 6. The molecule has 0 saturated heterocycles. The minimum Gasteiger partial charge on any atom is -0.495 e. The zero-order chi connectivity index (χ0) is 19.4. The van der Waals surface area contributed by atoms with Crippen molar-refractivity contribution in [2.24, 2.45) is 0 Å². The van der Waals surface area contributed by atoms with Gasteiger partial charge in [-0.15, -0.1) is 10.2 Å². The fourth-order valence-electron chi connectivity index (χ4n) is 2.27. The van der Waals surface area contributed by atoms with Crippen molar-refractivity contribution in [2.75, 3.05) is 24.0 Å². The molecule has 0 aliphatic heterocycles. The molecule has 27 heavy (non-hydrogen) atoms. The van der Waals surface area contributed by atoms with Crippen molar-refractivity contribution in [3.63, 3.8) is 0 Å². The maximum absolute atomic E-state index is 12.2. The zero-order valence-corrected chi connectivity index (χ0v) is 17.3. The van der Waals surface area contributed by atoms with Gasteiger partial charge in [0, 0.05) is 15.7 Å². The minimum atomic E-state index is -0.216. The van der Waals surface area contributed by atoms with E-state index in [1.54, 1.807) is 18.2 Å².